The molecule has 0 aromatic rings. The van der Waals surface area contributed by atoms with E-state index in [9.17, 15) is 4.79 Å². The highest BCUT2D eigenvalue weighted by atomic mass is 32.2. The Hall–Kier alpha value is -0.180. The average molecular weight is 203 g/mol. The minimum absolute atomic E-state index is 0.179. The lowest BCUT2D eigenvalue weighted by molar-refractivity contribution is -0.127. The first-order valence-electron chi connectivity index (χ1n) is 4.50. The molecule has 0 aliphatic carbocycles. The number of rotatable bonds is 5. The van der Waals surface area contributed by atoms with Crippen molar-refractivity contribution in [3.63, 3.8) is 0 Å². The Kier molecular flexibility index (Phi) is 4.30. The monoisotopic (exact) mass is 203 g/mol. The quantitative estimate of drug-likeness (QED) is 0.745. The van der Waals surface area contributed by atoms with Crippen LogP contribution in [0.3, 0.4) is 0 Å². The van der Waals surface area contributed by atoms with Crippen molar-refractivity contribution in [3.05, 3.63) is 0 Å². The van der Waals surface area contributed by atoms with Gasteiger partial charge in [0.05, 0.1) is 0 Å². The number of amides is 1. The van der Waals surface area contributed by atoms with E-state index in [1.54, 1.807) is 0 Å². The summed E-state index contributed by atoms with van der Waals surface area (Å²) >= 11 is 1.81. The van der Waals surface area contributed by atoms with Gasteiger partial charge in [-0.1, -0.05) is 27.7 Å². The molecular weight excluding hydrogens is 182 g/mol. The van der Waals surface area contributed by atoms with Gasteiger partial charge in [-0.15, -0.1) is 0 Å². The van der Waals surface area contributed by atoms with E-state index < -0.39 is 0 Å². The molecule has 0 saturated carbocycles. The summed E-state index contributed by atoms with van der Waals surface area (Å²) in [4.78, 5) is 11.1. The molecule has 3 heteroatoms. The molecule has 0 aliphatic heterocycles. The Morgan fingerprint density at radius 3 is 2.08 bits per heavy atom. The summed E-state index contributed by atoms with van der Waals surface area (Å²) in [5.41, 5.74) is 5.12. The zero-order valence-corrected chi connectivity index (χ0v) is 10.1. The summed E-state index contributed by atoms with van der Waals surface area (Å²) in [7, 11) is 0. The Bertz CT molecular complexity index is 187. The molecule has 0 fully saturated rings. The van der Waals surface area contributed by atoms with Gasteiger partial charge in [0.15, 0.2) is 0 Å². The van der Waals surface area contributed by atoms with Crippen LogP contribution in [-0.4, -0.2) is 17.9 Å². The van der Waals surface area contributed by atoms with Gasteiger partial charge in [-0.25, -0.2) is 0 Å². The third-order valence-corrected chi connectivity index (χ3v) is 3.19. The minimum Gasteiger partial charge on any atom is -0.369 e. The molecule has 1 amide bonds. The molecule has 0 aromatic carbocycles. The van der Waals surface area contributed by atoms with Gasteiger partial charge in [-0.2, -0.15) is 11.8 Å². The van der Waals surface area contributed by atoms with Gasteiger partial charge in [0.1, 0.15) is 0 Å². The second-order valence-electron chi connectivity index (χ2n) is 5.02. The lowest BCUT2D eigenvalue weighted by Crippen LogP contribution is -2.36. The molecule has 0 unspecified atom stereocenters. The molecule has 0 heterocycles. The average Bonchev–Trinajstić information content (AvgIpc) is 1.83. The van der Waals surface area contributed by atoms with Crippen molar-refractivity contribution in [1.29, 1.82) is 0 Å². The smallest absolute Gasteiger partial charge is 0.223 e. The number of thioether (sulfide) groups is 1. The maximum absolute atomic E-state index is 11.1. The number of carbonyl (C=O) groups is 1. The standard InChI is InChI=1S/C10H21NOS/c1-9(2,7-13-5)6-10(3,4)8(11)12/h6-7H2,1-5H3,(H2,11,12). The summed E-state index contributed by atoms with van der Waals surface area (Å²) in [6.07, 6.45) is 2.93. The zero-order chi connectivity index (χ0) is 10.7. The third kappa shape index (κ3) is 4.55. The van der Waals surface area contributed by atoms with Crippen molar-refractivity contribution in [3.8, 4) is 0 Å². The Morgan fingerprint density at radius 2 is 1.77 bits per heavy atom. The number of hydrogen-bond acceptors (Lipinski definition) is 2. The van der Waals surface area contributed by atoms with Gasteiger partial charge < -0.3 is 5.73 Å². The van der Waals surface area contributed by atoms with Crippen LogP contribution in [0.2, 0.25) is 0 Å². The van der Waals surface area contributed by atoms with E-state index in [4.69, 9.17) is 5.73 Å². The highest BCUT2D eigenvalue weighted by Gasteiger charge is 2.32. The molecule has 0 saturated heterocycles. The van der Waals surface area contributed by atoms with Crippen molar-refractivity contribution in [2.45, 2.75) is 34.1 Å². The number of primary amides is 1. The van der Waals surface area contributed by atoms with Crippen molar-refractivity contribution in [1.82, 2.24) is 0 Å². The second kappa shape index (κ2) is 4.36. The number of carbonyl (C=O) groups excluding carboxylic acids is 1. The van der Waals surface area contributed by atoms with E-state index in [0.29, 0.717) is 0 Å². The Morgan fingerprint density at radius 1 is 1.31 bits per heavy atom. The molecular formula is C10H21NOS. The fraction of sp³-hybridized carbons (Fsp3) is 0.900. The van der Waals surface area contributed by atoms with E-state index in [0.717, 1.165) is 12.2 Å². The van der Waals surface area contributed by atoms with Crippen molar-refractivity contribution in [2.75, 3.05) is 12.0 Å². The van der Waals surface area contributed by atoms with Gasteiger partial charge in [-0.05, 0) is 23.8 Å². The lowest BCUT2D eigenvalue weighted by Gasteiger charge is -2.32. The van der Waals surface area contributed by atoms with Crippen molar-refractivity contribution >= 4 is 17.7 Å². The van der Waals surface area contributed by atoms with Gasteiger partial charge in [0.2, 0.25) is 5.91 Å². The van der Waals surface area contributed by atoms with Crippen LogP contribution in [0.4, 0.5) is 0 Å². The van der Waals surface area contributed by atoms with E-state index in [-0.39, 0.29) is 16.7 Å². The van der Waals surface area contributed by atoms with Crippen LogP contribution in [-0.2, 0) is 4.79 Å². The maximum Gasteiger partial charge on any atom is 0.223 e. The van der Waals surface area contributed by atoms with Crippen LogP contribution in [0, 0.1) is 10.8 Å². The summed E-state index contributed by atoms with van der Waals surface area (Å²) in [6.45, 7) is 8.18. The first kappa shape index (κ1) is 12.8. The predicted molar refractivity (Wildman–Crippen MR) is 59.8 cm³/mol. The van der Waals surface area contributed by atoms with Crippen LogP contribution in [0.15, 0.2) is 0 Å². The topological polar surface area (TPSA) is 43.1 Å². The zero-order valence-electron chi connectivity index (χ0n) is 9.31. The summed E-state index contributed by atoms with van der Waals surface area (Å²) in [5, 5.41) is 0. The fourth-order valence-corrected chi connectivity index (χ4v) is 2.61. The van der Waals surface area contributed by atoms with E-state index in [1.165, 1.54) is 0 Å². The maximum atomic E-state index is 11.1. The summed E-state index contributed by atoms with van der Waals surface area (Å²) in [5.74, 6) is 0.852. The highest BCUT2D eigenvalue weighted by molar-refractivity contribution is 7.98. The van der Waals surface area contributed by atoms with Crippen molar-refractivity contribution < 1.29 is 4.79 Å². The van der Waals surface area contributed by atoms with E-state index >= 15 is 0 Å². The molecule has 13 heavy (non-hydrogen) atoms. The van der Waals surface area contributed by atoms with Crippen LogP contribution >= 0.6 is 11.8 Å². The van der Waals surface area contributed by atoms with Crippen LogP contribution < -0.4 is 5.73 Å². The normalized spacial score (nSPS) is 13.0. The summed E-state index contributed by atoms with van der Waals surface area (Å²) < 4.78 is 0. The van der Waals surface area contributed by atoms with Gasteiger partial charge in [0.25, 0.3) is 0 Å². The second-order valence-corrected chi connectivity index (χ2v) is 5.89. The minimum atomic E-state index is -0.390. The van der Waals surface area contributed by atoms with Crippen molar-refractivity contribution in [2.24, 2.45) is 16.6 Å². The SMILES string of the molecule is CSCC(C)(C)CC(C)(C)C(N)=O. The van der Waals surface area contributed by atoms with Gasteiger partial charge in [0, 0.05) is 5.41 Å². The number of hydrogen-bond donors (Lipinski definition) is 1. The van der Waals surface area contributed by atoms with Crippen LogP contribution in [0.25, 0.3) is 0 Å². The third-order valence-electron chi connectivity index (χ3n) is 2.12. The lowest BCUT2D eigenvalue weighted by atomic mass is 9.76. The molecule has 2 N–H and O–H groups in total. The van der Waals surface area contributed by atoms with Gasteiger partial charge >= 0.3 is 0 Å². The van der Waals surface area contributed by atoms with Crippen LogP contribution in [0.5, 0.6) is 0 Å². The molecule has 0 atom stereocenters. The van der Waals surface area contributed by atoms with Gasteiger partial charge in [-0.3, -0.25) is 4.79 Å². The largest absolute Gasteiger partial charge is 0.369 e. The Labute approximate surface area is 85.6 Å². The molecule has 0 spiro atoms. The first-order valence-corrected chi connectivity index (χ1v) is 5.89. The first-order chi connectivity index (χ1) is 5.71. The molecule has 0 aromatic heterocycles. The highest BCUT2D eigenvalue weighted by Crippen LogP contribution is 2.35. The molecule has 0 radical (unpaired) electrons. The fourth-order valence-electron chi connectivity index (χ4n) is 1.73. The molecule has 2 nitrogen and oxygen atoms in total. The molecule has 0 rings (SSSR count). The van der Waals surface area contributed by atoms with E-state index in [1.807, 2.05) is 25.6 Å². The predicted octanol–water partition coefficient (Wildman–Crippen LogP) is 2.28. The molecule has 0 bridgehead atoms. The molecule has 0 aliphatic rings. The van der Waals surface area contributed by atoms with Crippen LogP contribution in [0.1, 0.15) is 34.1 Å². The number of nitrogens with two attached hydrogens (primary N) is 1. The summed E-state index contributed by atoms with van der Waals surface area (Å²) in [6, 6.07) is 0. The molecule has 78 valence electrons. The Balaban J connectivity index is 4.33. The van der Waals surface area contributed by atoms with E-state index in [2.05, 4.69) is 20.1 Å².